The molecule has 152 valence electrons. The summed E-state index contributed by atoms with van der Waals surface area (Å²) in [6.07, 6.45) is 7.36. The van der Waals surface area contributed by atoms with Crippen LogP contribution in [0.15, 0.2) is 42.6 Å². The van der Waals surface area contributed by atoms with E-state index in [1.807, 2.05) is 19.1 Å². The number of pyridine rings is 1. The summed E-state index contributed by atoms with van der Waals surface area (Å²) in [6, 6.07) is 10.9. The Hall–Kier alpha value is -2.56. The van der Waals surface area contributed by atoms with E-state index in [1.54, 1.807) is 37.4 Å². The topological polar surface area (TPSA) is 57.7 Å². The quantitative estimate of drug-likeness (QED) is 0.363. The summed E-state index contributed by atoms with van der Waals surface area (Å²) in [6.45, 7) is 6.75. The van der Waals surface area contributed by atoms with Crippen LogP contribution in [0.3, 0.4) is 0 Å². The van der Waals surface area contributed by atoms with E-state index >= 15 is 0 Å². The number of unbranched alkanes of at least 4 members (excludes halogenated alkanes) is 3. The minimum atomic E-state index is -0.321. The van der Waals surface area contributed by atoms with Gasteiger partial charge in [0.2, 0.25) is 0 Å². The van der Waals surface area contributed by atoms with Gasteiger partial charge in [-0.2, -0.15) is 0 Å². The Labute approximate surface area is 168 Å². The highest BCUT2D eigenvalue weighted by atomic mass is 16.5. The van der Waals surface area contributed by atoms with Gasteiger partial charge in [-0.1, -0.05) is 26.2 Å². The molecule has 0 bridgehead atoms. The van der Waals surface area contributed by atoms with Gasteiger partial charge in [0.25, 0.3) is 0 Å². The van der Waals surface area contributed by atoms with Crippen LogP contribution in [0.1, 0.15) is 62.0 Å². The lowest BCUT2D eigenvalue weighted by atomic mass is 10.1. The first-order chi connectivity index (χ1) is 13.6. The first-order valence-corrected chi connectivity index (χ1v) is 10.1. The Bertz CT molecular complexity index is 698. The average molecular weight is 386 g/mol. The van der Waals surface area contributed by atoms with E-state index in [9.17, 15) is 4.79 Å². The molecule has 1 unspecified atom stereocenters. The first-order valence-electron chi connectivity index (χ1n) is 10.1. The van der Waals surface area contributed by atoms with Gasteiger partial charge in [0.1, 0.15) is 24.2 Å². The van der Waals surface area contributed by atoms with Crippen molar-refractivity contribution in [3.63, 3.8) is 0 Å². The number of nitrogens with zero attached hydrogens (tertiary/aromatic N) is 1. The second-order valence-corrected chi connectivity index (χ2v) is 6.78. The van der Waals surface area contributed by atoms with Gasteiger partial charge >= 0.3 is 5.97 Å². The average Bonchev–Trinajstić information content (AvgIpc) is 2.71. The molecule has 0 aliphatic heterocycles. The van der Waals surface area contributed by atoms with E-state index in [1.165, 1.54) is 19.3 Å². The van der Waals surface area contributed by atoms with Crippen LogP contribution in [0.5, 0.6) is 11.5 Å². The monoisotopic (exact) mass is 385 g/mol. The molecule has 0 aliphatic carbocycles. The zero-order chi connectivity index (χ0) is 20.2. The molecule has 0 amide bonds. The molecule has 0 saturated carbocycles. The minimum absolute atomic E-state index is 0.0499. The third-order valence-electron chi connectivity index (χ3n) is 4.37. The molecule has 2 rings (SSSR count). The van der Waals surface area contributed by atoms with Crippen molar-refractivity contribution in [2.45, 2.75) is 59.0 Å². The highest BCUT2D eigenvalue weighted by Gasteiger charge is 2.13. The predicted octanol–water partition coefficient (Wildman–Crippen LogP) is 5.36. The fourth-order valence-corrected chi connectivity index (χ4v) is 2.78. The van der Waals surface area contributed by atoms with Crippen molar-refractivity contribution in [1.82, 2.24) is 4.98 Å². The molecule has 0 N–H and O–H groups in total. The Morgan fingerprint density at radius 1 is 1.00 bits per heavy atom. The lowest BCUT2D eigenvalue weighted by molar-refractivity contribution is 0.0526. The summed E-state index contributed by atoms with van der Waals surface area (Å²) < 4.78 is 17.0. The molecule has 5 nitrogen and oxygen atoms in total. The predicted molar refractivity (Wildman–Crippen MR) is 110 cm³/mol. The Balaban J connectivity index is 1.92. The van der Waals surface area contributed by atoms with E-state index in [-0.39, 0.29) is 12.1 Å². The second-order valence-electron chi connectivity index (χ2n) is 6.78. The number of carbonyl (C=O) groups excluding carboxylic acids is 1. The Kier molecular flexibility index (Phi) is 9.32. The molecule has 0 saturated heterocycles. The number of aromatic nitrogens is 1. The molecule has 28 heavy (non-hydrogen) atoms. The molecular weight excluding hydrogens is 354 g/mol. The van der Waals surface area contributed by atoms with E-state index in [4.69, 9.17) is 14.2 Å². The normalized spacial score (nSPS) is 11.7. The summed E-state index contributed by atoms with van der Waals surface area (Å²) in [7, 11) is 0. The van der Waals surface area contributed by atoms with Crippen molar-refractivity contribution in [3.8, 4) is 11.5 Å². The first kappa shape index (κ1) is 21.7. The molecule has 1 aromatic heterocycles. The van der Waals surface area contributed by atoms with E-state index in [0.29, 0.717) is 24.5 Å². The number of rotatable bonds is 12. The summed E-state index contributed by atoms with van der Waals surface area (Å²) in [5.74, 6) is 1.14. The second kappa shape index (κ2) is 12.0. The zero-order valence-corrected chi connectivity index (χ0v) is 17.1. The molecule has 0 aliphatic rings. The number of benzene rings is 1. The molecule has 0 fully saturated rings. The van der Waals surface area contributed by atoms with Gasteiger partial charge in [0.15, 0.2) is 0 Å². The highest BCUT2D eigenvalue weighted by Crippen LogP contribution is 2.18. The van der Waals surface area contributed by atoms with E-state index in [2.05, 4.69) is 11.9 Å². The third kappa shape index (κ3) is 7.59. The largest absolute Gasteiger partial charge is 0.490 e. The maximum Gasteiger partial charge on any atom is 0.338 e. The van der Waals surface area contributed by atoms with Crippen LogP contribution in [0.25, 0.3) is 0 Å². The fraction of sp³-hybridized carbons (Fsp3) is 0.478. The molecule has 5 heteroatoms. The Morgan fingerprint density at radius 3 is 2.39 bits per heavy atom. The molecular formula is C23H31NO4. The lowest BCUT2D eigenvalue weighted by Gasteiger charge is -2.20. The number of esters is 1. The van der Waals surface area contributed by atoms with Gasteiger partial charge in [-0.3, -0.25) is 4.98 Å². The number of carbonyl (C=O) groups is 1. The standard InChI is InChI=1S/C23H31NO4/c1-4-6-7-8-9-22(28-21-13-10-18(3)24-16-21)17-27-20-14-11-19(12-15-20)23(25)26-5-2/h10-16,22H,4-9,17H2,1-3H3. The maximum atomic E-state index is 11.7. The van der Waals surface area contributed by atoms with Crippen LogP contribution < -0.4 is 9.47 Å². The number of hydrogen-bond donors (Lipinski definition) is 0. The highest BCUT2D eigenvalue weighted by molar-refractivity contribution is 5.89. The lowest BCUT2D eigenvalue weighted by Crippen LogP contribution is -2.25. The molecule has 0 radical (unpaired) electrons. The fourth-order valence-electron chi connectivity index (χ4n) is 2.78. The molecule has 2 aromatic rings. The van der Waals surface area contributed by atoms with Crippen molar-refractivity contribution in [3.05, 3.63) is 53.9 Å². The number of hydrogen-bond acceptors (Lipinski definition) is 5. The number of aryl methyl sites for hydroxylation is 1. The summed E-state index contributed by atoms with van der Waals surface area (Å²) in [4.78, 5) is 16.0. The molecule has 1 aromatic carbocycles. The number of ether oxygens (including phenoxy) is 3. The minimum Gasteiger partial charge on any atom is -0.490 e. The van der Waals surface area contributed by atoms with Gasteiger partial charge in [-0.05, 0) is 63.1 Å². The van der Waals surface area contributed by atoms with Crippen LogP contribution in [0.4, 0.5) is 0 Å². The molecule has 1 heterocycles. The Morgan fingerprint density at radius 2 is 1.75 bits per heavy atom. The third-order valence-corrected chi connectivity index (χ3v) is 4.37. The summed E-state index contributed by atoms with van der Waals surface area (Å²) in [5.41, 5.74) is 1.48. The maximum absolute atomic E-state index is 11.7. The molecule has 0 spiro atoms. The van der Waals surface area contributed by atoms with Crippen LogP contribution in [0, 0.1) is 6.92 Å². The summed E-state index contributed by atoms with van der Waals surface area (Å²) >= 11 is 0. The summed E-state index contributed by atoms with van der Waals surface area (Å²) in [5, 5.41) is 0. The van der Waals surface area contributed by atoms with E-state index < -0.39 is 0 Å². The van der Waals surface area contributed by atoms with Gasteiger partial charge < -0.3 is 14.2 Å². The smallest absolute Gasteiger partial charge is 0.338 e. The van der Waals surface area contributed by atoms with Crippen LogP contribution in [0.2, 0.25) is 0 Å². The van der Waals surface area contributed by atoms with Gasteiger partial charge in [-0.25, -0.2) is 4.79 Å². The van der Waals surface area contributed by atoms with Crippen LogP contribution in [-0.2, 0) is 4.74 Å². The van der Waals surface area contributed by atoms with Crippen LogP contribution in [-0.4, -0.2) is 30.3 Å². The zero-order valence-electron chi connectivity index (χ0n) is 17.1. The van der Waals surface area contributed by atoms with Crippen molar-refractivity contribution < 1.29 is 19.0 Å². The van der Waals surface area contributed by atoms with Crippen LogP contribution >= 0.6 is 0 Å². The van der Waals surface area contributed by atoms with Crippen molar-refractivity contribution in [2.75, 3.05) is 13.2 Å². The molecule has 1 atom stereocenters. The SMILES string of the molecule is CCCCCCC(COc1ccc(C(=O)OCC)cc1)Oc1ccc(C)nc1. The van der Waals surface area contributed by atoms with Gasteiger partial charge in [-0.15, -0.1) is 0 Å². The van der Waals surface area contributed by atoms with Gasteiger partial charge in [0, 0.05) is 5.69 Å². The van der Waals surface area contributed by atoms with Gasteiger partial charge in [0.05, 0.1) is 18.4 Å². The van der Waals surface area contributed by atoms with E-state index in [0.717, 1.165) is 24.3 Å². The van der Waals surface area contributed by atoms with Crippen molar-refractivity contribution in [1.29, 1.82) is 0 Å². The van der Waals surface area contributed by atoms with Crippen molar-refractivity contribution >= 4 is 5.97 Å². The van der Waals surface area contributed by atoms with Crippen molar-refractivity contribution in [2.24, 2.45) is 0 Å².